The molecule has 1 atom stereocenters. The third-order valence-corrected chi connectivity index (χ3v) is 6.11. The lowest BCUT2D eigenvalue weighted by Crippen LogP contribution is -2.44. The Morgan fingerprint density at radius 2 is 1.84 bits per heavy atom. The number of nitrogens with one attached hydrogen (secondary N) is 1. The van der Waals surface area contributed by atoms with Gasteiger partial charge < -0.3 is 10.2 Å². The van der Waals surface area contributed by atoms with E-state index in [1.807, 2.05) is 42.8 Å². The molecule has 1 aliphatic heterocycles. The number of aryl methyl sites for hydroxylation is 2. The SMILES string of the molecule is Cc1cc(C)n(-c2ccc(C(=O)N3CSCC3C(=O)Nc3ccc(C#N)cc3)cc2)n1. The minimum Gasteiger partial charge on any atom is -0.324 e. The lowest BCUT2D eigenvalue weighted by atomic mass is 10.1. The highest BCUT2D eigenvalue weighted by atomic mass is 32.2. The first-order valence-electron chi connectivity index (χ1n) is 9.80. The molecule has 2 heterocycles. The number of anilines is 1. The van der Waals surface area contributed by atoms with Crippen LogP contribution in [-0.2, 0) is 4.79 Å². The Bertz CT molecular complexity index is 1160. The van der Waals surface area contributed by atoms with Crippen LogP contribution in [0, 0.1) is 25.2 Å². The van der Waals surface area contributed by atoms with Crippen molar-refractivity contribution >= 4 is 29.3 Å². The molecule has 0 aliphatic carbocycles. The molecule has 2 amide bonds. The number of amides is 2. The van der Waals surface area contributed by atoms with Gasteiger partial charge in [-0.1, -0.05) is 0 Å². The van der Waals surface area contributed by atoms with Gasteiger partial charge in [0.25, 0.3) is 5.91 Å². The van der Waals surface area contributed by atoms with Gasteiger partial charge in [-0.05, 0) is 68.4 Å². The van der Waals surface area contributed by atoms with Crippen molar-refractivity contribution in [3.8, 4) is 11.8 Å². The van der Waals surface area contributed by atoms with Gasteiger partial charge in [0.1, 0.15) is 6.04 Å². The first-order valence-corrected chi connectivity index (χ1v) is 10.9. The van der Waals surface area contributed by atoms with Gasteiger partial charge in [0.05, 0.1) is 28.9 Å². The Hall–Kier alpha value is -3.57. The van der Waals surface area contributed by atoms with Crippen LogP contribution in [0.1, 0.15) is 27.3 Å². The number of hydrogen-bond acceptors (Lipinski definition) is 5. The number of nitrogens with zero attached hydrogens (tertiary/aromatic N) is 4. The molecule has 1 aromatic heterocycles. The molecule has 0 radical (unpaired) electrons. The molecule has 0 bridgehead atoms. The summed E-state index contributed by atoms with van der Waals surface area (Å²) in [6.07, 6.45) is 0. The fraction of sp³-hybridized carbons (Fsp3) is 0.217. The number of carbonyl (C=O) groups is 2. The molecule has 1 N–H and O–H groups in total. The highest BCUT2D eigenvalue weighted by Crippen LogP contribution is 2.25. The van der Waals surface area contributed by atoms with Crippen LogP contribution in [-0.4, -0.2) is 44.2 Å². The summed E-state index contributed by atoms with van der Waals surface area (Å²) in [6, 6.07) is 17.4. The van der Waals surface area contributed by atoms with E-state index in [-0.39, 0.29) is 11.8 Å². The number of benzene rings is 2. The lowest BCUT2D eigenvalue weighted by Gasteiger charge is -2.23. The Morgan fingerprint density at radius 1 is 1.13 bits per heavy atom. The number of hydrogen-bond donors (Lipinski definition) is 1. The molecule has 3 aromatic rings. The maximum atomic E-state index is 13.1. The quantitative estimate of drug-likeness (QED) is 0.683. The van der Waals surface area contributed by atoms with Gasteiger partial charge in [-0.15, -0.1) is 11.8 Å². The molecule has 7 nitrogen and oxygen atoms in total. The topological polar surface area (TPSA) is 91.0 Å². The molecule has 0 saturated carbocycles. The number of rotatable bonds is 4. The Balaban J connectivity index is 1.47. The first kappa shape index (κ1) is 20.7. The summed E-state index contributed by atoms with van der Waals surface area (Å²) in [5.74, 6) is 0.591. The second-order valence-electron chi connectivity index (χ2n) is 7.35. The fourth-order valence-electron chi connectivity index (χ4n) is 3.52. The number of thioether (sulfide) groups is 1. The van der Waals surface area contributed by atoms with Gasteiger partial charge in [0.15, 0.2) is 0 Å². The van der Waals surface area contributed by atoms with Gasteiger partial charge >= 0.3 is 0 Å². The fourth-order valence-corrected chi connectivity index (χ4v) is 4.67. The molecular formula is C23H21N5O2S. The van der Waals surface area contributed by atoms with Crippen molar-refractivity contribution in [2.24, 2.45) is 0 Å². The predicted molar refractivity (Wildman–Crippen MR) is 120 cm³/mol. The average Bonchev–Trinajstić information content (AvgIpc) is 3.40. The van der Waals surface area contributed by atoms with Crippen LogP contribution in [0.5, 0.6) is 0 Å². The van der Waals surface area contributed by atoms with Gasteiger partial charge in [-0.3, -0.25) is 9.59 Å². The number of carbonyl (C=O) groups excluding carboxylic acids is 2. The first-order chi connectivity index (χ1) is 15.0. The molecule has 2 aromatic carbocycles. The van der Waals surface area contributed by atoms with Crippen LogP contribution in [0.3, 0.4) is 0 Å². The molecule has 8 heteroatoms. The van der Waals surface area contributed by atoms with E-state index in [4.69, 9.17) is 5.26 Å². The van der Waals surface area contributed by atoms with Crippen LogP contribution in [0.4, 0.5) is 5.69 Å². The van der Waals surface area contributed by atoms with E-state index in [1.165, 1.54) is 0 Å². The minimum atomic E-state index is -0.552. The molecule has 1 saturated heterocycles. The van der Waals surface area contributed by atoms with Crippen molar-refractivity contribution in [2.75, 3.05) is 16.9 Å². The van der Waals surface area contributed by atoms with Crippen molar-refractivity contribution in [1.82, 2.24) is 14.7 Å². The third-order valence-electron chi connectivity index (χ3n) is 5.10. The third kappa shape index (κ3) is 4.32. The van der Waals surface area contributed by atoms with Crippen molar-refractivity contribution in [2.45, 2.75) is 19.9 Å². The standard InChI is InChI=1S/C23H21N5O2S/c1-15-11-16(2)28(26-15)20-9-5-18(6-10-20)23(30)27-14-31-13-21(27)22(29)25-19-7-3-17(12-24)4-8-19/h3-11,21H,13-14H2,1-2H3,(H,25,29). The van der Waals surface area contributed by atoms with Gasteiger partial charge in [0.2, 0.25) is 5.91 Å². The maximum absolute atomic E-state index is 13.1. The van der Waals surface area contributed by atoms with Gasteiger partial charge in [-0.2, -0.15) is 10.4 Å². The lowest BCUT2D eigenvalue weighted by molar-refractivity contribution is -0.119. The zero-order valence-corrected chi connectivity index (χ0v) is 18.0. The van der Waals surface area contributed by atoms with E-state index < -0.39 is 6.04 Å². The van der Waals surface area contributed by atoms with Crippen molar-refractivity contribution < 1.29 is 9.59 Å². The molecule has 0 spiro atoms. The summed E-state index contributed by atoms with van der Waals surface area (Å²) < 4.78 is 1.84. The van der Waals surface area contributed by atoms with Crippen LogP contribution in [0.2, 0.25) is 0 Å². The van der Waals surface area contributed by atoms with Crippen LogP contribution >= 0.6 is 11.8 Å². The summed E-state index contributed by atoms with van der Waals surface area (Å²) in [5.41, 5.74) is 4.49. The summed E-state index contributed by atoms with van der Waals surface area (Å²) in [6.45, 7) is 3.92. The highest BCUT2D eigenvalue weighted by Gasteiger charge is 2.35. The smallest absolute Gasteiger partial charge is 0.255 e. The van der Waals surface area contributed by atoms with E-state index >= 15 is 0 Å². The highest BCUT2D eigenvalue weighted by molar-refractivity contribution is 7.99. The van der Waals surface area contributed by atoms with E-state index in [0.29, 0.717) is 28.4 Å². The predicted octanol–water partition coefficient (Wildman–Crippen LogP) is 3.51. The Kier molecular flexibility index (Phi) is 5.78. The van der Waals surface area contributed by atoms with Crippen LogP contribution < -0.4 is 5.32 Å². The molecule has 156 valence electrons. The zero-order valence-electron chi connectivity index (χ0n) is 17.2. The summed E-state index contributed by atoms with van der Waals surface area (Å²) >= 11 is 1.55. The van der Waals surface area contributed by atoms with E-state index in [2.05, 4.69) is 10.4 Å². The number of nitriles is 1. The summed E-state index contributed by atoms with van der Waals surface area (Å²) in [4.78, 5) is 27.5. The second-order valence-corrected chi connectivity index (χ2v) is 8.35. The van der Waals surface area contributed by atoms with Crippen molar-refractivity contribution in [3.63, 3.8) is 0 Å². The van der Waals surface area contributed by atoms with Gasteiger partial charge in [0, 0.05) is 22.7 Å². The Labute approximate surface area is 184 Å². The molecule has 31 heavy (non-hydrogen) atoms. The van der Waals surface area contributed by atoms with E-state index in [9.17, 15) is 9.59 Å². The molecule has 4 rings (SSSR count). The molecule has 1 fully saturated rings. The second kappa shape index (κ2) is 8.66. The Morgan fingerprint density at radius 3 is 2.45 bits per heavy atom. The largest absolute Gasteiger partial charge is 0.324 e. The number of aromatic nitrogens is 2. The maximum Gasteiger partial charge on any atom is 0.255 e. The van der Waals surface area contributed by atoms with Crippen molar-refractivity contribution in [3.05, 3.63) is 77.1 Å². The molecule has 1 unspecified atom stereocenters. The molecule has 1 aliphatic rings. The minimum absolute atomic E-state index is 0.176. The zero-order chi connectivity index (χ0) is 22.0. The van der Waals surface area contributed by atoms with Crippen LogP contribution in [0.25, 0.3) is 5.69 Å². The summed E-state index contributed by atoms with van der Waals surface area (Å²) in [5, 5.41) is 16.2. The summed E-state index contributed by atoms with van der Waals surface area (Å²) in [7, 11) is 0. The monoisotopic (exact) mass is 431 g/mol. The molecular weight excluding hydrogens is 410 g/mol. The van der Waals surface area contributed by atoms with Crippen molar-refractivity contribution in [1.29, 1.82) is 5.26 Å². The van der Waals surface area contributed by atoms with Gasteiger partial charge in [-0.25, -0.2) is 4.68 Å². The average molecular weight is 432 g/mol. The van der Waals surface area contributed by atoms with E-state index in [0.717, 1.165) is 17.1 Å². The normalized spacial score (nSPS) is 15.5. The van der Waals surface area contributed by atoms with Crippen LogP contribution in [0.15, 0.2) is 54.6 Å². The van der Waals surface area contributed by atoms with E-state index in [1.54, 1.807) is 53.1 Å².